The highest BCUT2D eigenvalue weighted by Crippen LogP contribution is 2.30. The average Bonchev–Trinajstić information content (AvgIpc) is 1.95. The molecule has 1 unspecified atom stereocenters. The van der Waals surface area contributed by atoms with Crippen LogP contribution in [0.3, 0.4) is 0 Å². The van der Waals surface area contributed by atoms with Crippen molar-refractivity contribution in [2.24, 2.45) is 5.92 Å². The lowest BCUT2D eigenvalue weighted by atomic mass is 10.1. The van der Waals surface area contributed by atoms with Gasteiger partial charge in [0.1, 0.15) is 5.70 Å². The summed E-state index contributed by atoms with van der Waals surface area (Å²) in [6.07, 6.45) is 0. The Hall–Kier alpha value is -0.300. The van der Waals surface area contributed by atoms with Crippen molar-refractivity contribution >= 4 is 0 Å². The smallest absolute Gasteiger partial charge is 0.105 e. The van der Waals surface area contributed by atoms with Crippen molar-refractivity contribution < 1.29 is 4.48 Å². The monoisotopic (exact) mass is 140 g/mol. The van der Waals surface area contributed by atoms with Crippen molar-refractivity contribution in [3.8, 4) is 0 Å². The average molecular weight is 140 g/mol. The molecule has 0 aliphatic carbocycles. The molecule has 1 aliphatic heterocycles. The Balaban J connectivity index is 2.95. The first-order valence-electron chi connectivity index (χ1n) is 3.96. The number of quaternary nitrogens is 1. The molecule has 0 saturated carbocycles. The molecule has 1 nitrogen and oxygen atoms in total. The summed E-state index contributed by atoms with van der Waals surface area (Å²) in [6, 6.07) is 0. The van der Waals surface area contributed by atoms with Gasteiger partial charge in [-0.3, -0.25) is 4.48 Å². The molecule has 0 saturated heterocycles. The van der Waals surface area contributed by atoms with Crippen LogP contribution >= 0.6 is 0 Å². The van der Waals surface area contributed by atoms with Gasteiger partial charge < -0.3 is 0 Å². The highest BCUT2D eigenvalue weighted by Gasteiger charge is 2.32. The molecule has 1 heterocycles. The molecule has 0 bridgehead atoms. The van der Waals surface area contributed by atoms with Gasteiger partial charge in [-0.15, -0.1) is 0 Å². The molecule has 1 heteroatoms. The molecule has 0 amide bonds. The fraction of sp³-hybridized carbons (Fsp3) is 0.778. The van der Waals surface area contributed by atoms with Gasteiger partial charge in [-0.2, -0.15) is 0 Å². The molecular formula is C9H18N+. The van der Waals surface area contributed by atoms with Crippen LogP contribution in [-0.4, -0.2) is 25.1 Å². The zero-order valence-corrected chi connectivity index (χ0v) is 7.73. The van der Waals surface area contributed by atoms with Crippen LogP contribution in [0.1, 0.15) is 20.8 Å². The second-order valence-corrected chi connectivity index (χ2v) is 4.04. The lowest BCUT2D eigenvalue weighted by molar-refractivity contribution is -0.848. The van der Waals surface area contributed by atoms with Gasteiger partial charge in [0, 0.05) is 12.8 Å². The molecule has 0 N–H and O–H groups in total. The zero-order chi connectivity index (χ0) is 7.94. The van der Waals surface area contributed by atoms with Crippen LogP contribution in [-0.2, 0) is 0 Å². The summed E-state index contributed by atoms with van der Waals surface area (Å²) >= 11 is 0. The van der Waals surface area contributed by atoms with E-state index in [-0.39, 0.29) is 0 Å². The second-order valence-electron chi connectivity index (χ2n) is 4.04. The minimum Gasteiger partial charge on any atom is -0.299 e. The third-order valence-electron chi connectivity index (χ3n) is 2.95. The summed E-state index contributed by atoms with van der Waals surface area (Å²) < 4.78 is 1.09. The van der Waals surface area contributed by atoms with Crippen LogP contribution in [0.25, 0.3) is 0 Å². The van der Waals surface area contributed by atoms with E-state index < -0.39 is 0 Å². The maximum atomic E-state index is 2.31. The molecule has 0 spiro atoms. The number of hydrogen-bond acceptors (Lipinski definition) is 0. The first kappa shape index (κ1) is 7.80. The van der Waals surface area contributed by atoms with E-state index in [2.05, 4.69) is 34.9 Å². The minimum absolute atomic E-state index is 0.787. The van der Waals surface area contributed by atoms with Crippen molar-refractivity contribution in [3.05, 3.63) is 11.3 Å². The van der Waals surface area contributed by atoms with E-state index in [1.165, 1.54) is 6.54 Å². The number of rotatable bonds is 0. The molecule has 1 rings (SSSR count). The SMILES string of the molecule is CC1=C(C)[N+](C)(C)CC1C. The molecule has 1 atom stereocenters. The summed E-state index contributed by atoms with van der Waals surface area (Å²) in [6.45, 7) is 8.09. The molecule has 0 aromatic heterocycles. The highest BCUT2D eigenvalue weighted by atomic mass is 15.3. The molecular weight excluding hydrogens is 122 g/mol. The Kier molecular flexibility index (Phi) is 1.63. The van der Waals surface area contributed by atoms with E-state index in [4.69, 9.17) is 0 Å². The minimum atomic E-state index is 0.787. The summed E-state index contributed by atoms with van der Waals surface area (Å²) in [5.41, 5.74) is 3.14. The van der Waals surface area contributed by atoms with Crippen LogP contribution in [0, 0.1) is 5.92 Å². The Morgan fingerprint density at radius 2 is 1.80 bits per heavy atom. The number of allylic oxidation sites excluding steroid dienone is 1. The largest absolute Gasteiger partial charge is 0.299 e. The second kappa shape index (κ2) is 2.09. The molecule has 0 aromatic rings. The van der Waals surface area contributed by atoms with E-state index in [0.29, 0.717) is 0 Å². The Morgan fingerprint density at radius 3 is 1.90 bits per heavy atom. The quantitative estimate of drug-likeness (QED) is 0.451. The zero-order valence-electron chi connectivity index (χ0n) is 7.73. The first-order valence-corrected chi connectivity index (χ1v) is 3.96. The van der Waals surface area contributed by atoms with Crippen LogP contribution in [0.2, 0.25) is 0 Å². The van der Waals surface area contributed by atoms with E-state index in [1.54, 1.807) is 11.3 Å². The predicted molar refractivity (Wildman–Crippen MR) is 44.5 cm³/mol. The van der Waals surface area contributed by atoms with Crippen LogP contribution in [0.15, 0.2) is 11.3 Å². The molecule has 0 radical (unpaired) electrons. The van der Waals surface area contributed by atoms with Crippen LogP contribution in [0.4, 0.5) is 0 Å². The van der Waals surface area contributed by atoms with E-state index in [9.17, 15) is 0 Å². The molecule has 1 aliphatic rings. The number of nitrogens with zero attached hydrogens (tertiary/aromatic N) is 1. The van der Waals surface area contributed by atoms with Gasteiger partial charge in [-0.25, -0.2) is 0 Å². The summed E-state index contributed by atoms with van der Waals surface area (Å²) in [4.78, 5) is 0. The standard InChI is InChI=1S/C9H18N/c1-7-6-10(4,5)9(3)8(7)2/h7H,6H2,1-5H3/q+1. The van der Waals surface area contributed by atoms with Gasteiger partial charge in [-0.05, 0) is 12.5 Å². The molecule has 0 aromatic carbocycles. The van der Waals surface area contributed by atoms with Crippen LogP contribution in [0.5, 0.6) is 0 Å². The third kappa shape index (κ3) is 0.988. The summed E-state index contributed by atoms with van der Waals surface area (Å²) in [5, 5.41) is 0. The Morgan fingerprint density at radius 1 is 1.30 bits per heavy atom. The van der Waals surface area contributed by atoms with Crippen molar-refractivity contribution in [1.29, 1.82) is 0 Å². The van der Waals surface area contributed by atoms with E-state index in [0.717, 1.165) is 10.4 Å². The molecule has 10 heavy (non-hydrogen) atoms. The van der Waals surface area contributed by atoms with Crippen molar-refractivity contribution in [3.63, 3.8) is 0 Å². The lowest BCUT2D eigenvalue weighted by Crippen LogP contribution is -2.35. The fourth-order valence-corrected chi connectivity index (χ4v) is 1.79. The van der Waals surface area contributed by atoms with E-state index >= 15 is 0 Å². The predicted octanol–water partition coefficient (Wildman–Crippen LogP) is 2.01. The Labute approximate surface area is 63.9 Å². The maximum absolute atomic E-state index is 2.31. The van der Waals surface area contributed by atoms with Gasteiger partial charge in [0.05, 0.1) is 20.6 Å². The van der Waals surface area contributed by atoms with E-state index in [1.807, 2.05) is 0 Å². The van der Waals surface area contributed by atoms with Crippen molar-refractivity contribution in [2.75, 3.05) is 20.6 Å². The first-order chi connectivity index (χ1) is 4.45. The third-order valence-corrected chi connectivity index (χ3v) is 2.95. The van der Waals surface area contributed by atoms with Gasteiger partial charge in [-0.1, -0.05) is 6.92 Å². The maximum Gasteiger partial charge on any atom is 0.105 e. The topological polar surface area (TPSA) is 0 Å². The molecule has 0 fully saturated rings. The van der Waals surface area contributed by atoms with Gasteiger partial charge in [0.2, 0.25) is 0 Å². The van der Waals surface area contributed by atoms with Gasteiger partial charge in [0.25, 0.3) is 0 Å². The van der Waals surface area contributed by atoms with Crippen LogP contribution < -0.4 is 0 Å². The Bertz CT molecular complexity index is 177. The summed E-state index contributed by atoms with van der Waals surface area (Å²) in [5.74, 6) is 0.787. The van der Waals surface area contributed by atoms with Crippen molar-refractivity contribution in [1.82, 2.24) is 0 Å². The molecule has 58 valence electrons. The lowest BCUT2D eigenvalue weighted by Gasteiger charge is -2.25. The fourth-order valence-electron chi connectivity index (χ4n) is 1.79. The van der Waals surface area contributed by atoms with Crippen molar-refractivity contribution in [2.45, 2.75) is 20.8 Å². The highest BCUT2D eigenvalue weighted by molar-refractivity contribution is 5.11. The normalized spacial score (nSPS) is 31.5. The number of hydrogen-bond donors (Lipinski definition) is 0. The van der Waals surface area contributed by atoms with Gasteiger partial charge >= 0.3 is 0 Å². The summed E-state index contributed by atoms with van der Waals surface area (Å²) in [7, 11) is 4.56. The van der Waals surface area contributed by atoms with Gasteiger partial charge in [0.15, 0.2) is 0 Å².